The lowest BCUT2D eigenvalue weighted by Gasteiger charge is -2.14. The van der Waals surface area contributed by atoms with Crippen LogP contribution in [0.15, 0.2) is 29.4 Å². The smallest absolute Gasteiger partial charge is 0.191 e. The van der Waals surface area contributed by atoms with Gasteiger partial charge in [-0.1, -0.05) is 82.2 Å². The molecule has 2 aromatic rings. The molecule has 130 valence electrons. The second kappa shape index (κ2) is 7.69. The number of benzene rings is 1. The highest BCUT2D eigenvalue weighted by atomic mass is 35.5. The van der Waals surface area contributed by atoms with Gasteiger partial charge in [0.2, 0.25) is 0 Å². The zero-order chi connectivity index (χ0) is 18.1. The Hall–Kier alpha value is -0.680. The highest BCUT2D eigenvalue weighted by Gasteiger charge is 2.18. The van der Waals surface area contributed by atoms with Gasteiger partial charge < -0.3 is 4.57 Å². The average Bonchev–Trinajstić information content (AvgIpc) is 2.84. The molecule has 24 heavy (non-hydrogen) atoms. The number of thiocarbonyl (C=S) groups is 1. The molecule has 0 radical (unpaired) electrons. The first-order valence-corrected chi connectivity index (χ1v) is 9.81. The molecule has 0 N–H and O–H groups in total. The summed E-state index contributed by atoms with van der Waals surface area (Å²) in [6.45, 7) is 11.9. The first kappa shape index (κ1) is 19.6. The number of hydrogen-bond acceptors (Lipinski definition) is 2. The SMILES string of the molecule is CC(C)Cn1cc(C(C)(C)C)s/c1=N\C(=S)c1cccc(Cl)c1Cl. The lowest BCUT2D eigenvalue weighted by Crippen LogP contribution is -2.18. The van der Waals surface area contributed by atoms with E-state index in [0.717, 1.165) is 11.3 Å². The van der Waals surface area contributed by atoms with E-state index in [9.17, 15) is 0 Å². The summed E-state index contributed by atoms with van der Waals surface area (Å²) in [5.74, 6) is 0.523. The van der Waals surface area contributed by atoms with Gasteiger partial charge in [0, 0.05) is 23.2 Å². The van der Waals surface area contributed by atoms with Gasteiger partial charge in [0.15, 0.2) is 4.80 Å². The molecule has 6 heteroatoms. The average molecular weight is 401 g/mol. The molecule has 1 aromatic heterocycles. The van der Waals surface area contributed by atoms with E-state index in [4.69, 9.17) is 35.4 Å². The van der Waals surface area contributed by atoms with E-state index in [1.165, 1.54) is 4.88 Å². The number of halogens is 2. The summed E-state index contributed by atoms with van der Waals surface area (Å²) >= 11 is 19.5. The fourth-order valence-corrected chi connectivity index (χ4v) is 3.98. The molecule has 1 aromatic carbocycles. The molecule has 0 atom stereocenters. The van der Waals surface area contributed by atoms with Crippen LogP contribution >= 0.6 is 46.8 Å². The summed E-state index contributed by atoms with van der Waals surface area (Å²) in [7, 11) is 0. The first-order chi connectivity index (χ1) is 11.1. The molecular formula is C18H22Cl2N2S2. The van der Waals surface area contributed by atoms with Crippen molar-refractivity contribution in [2.75, 3.05) is 0 Å². The quantitative estimate of drug-likeness (QED) is 0.569. The van der Waals surface area contributed by atoms with E-state index in [1.807, 2.05) is 12.1 Å². The van der Waals surface area contributed by atoms with Gasteiger partial charge in [-0.15, -0.1) is 11.3 Å². The molecular weight excluding hydrogens is 379 g/mol. The van der Waals surface area contributed by atoms with E-state index in [0.29, 0.717) is 26.5 Å². The molecule has 0 saturated heterocycles. The third-order valence-corrected chi connectivity index (χ3v) is 5.98. The summed E-state index contributed by atoms with van der Waals surface area (Å²) in [6, 6.07) is 5.44. The maximum absolute atomic E-state index is 6.27. The van der Waals surface area contributed by atoms with E-state index in [2.05, 4.69) is 50.4 Å². The van der Waals surface area contributed by atoms with Gasteiger partial charge in [-0.25, -0.2) is 4.99 Å². The van der Waals surface area contributed by atoms with Gasteiger partial charge in [0.05, 0.1) is 10.0 Å². The van der Waals surface area contributed by atoms with Gasteiger partial charge in [0.1, 0.15) is 4.99 Å². The van der Waals surface area contributed by atoms with Crippen molar-refractivity contribution in [1.82, 2.24) is 4.57 Å². The number of thiazole rings is 1. The van der Waals surface area contributed by atoms with Crippen molar-refractivity contribution in [1.29, 1.82) is 0 Å². The second-order valence-corrected chi connectivity index (χ2v) is 9.37. The predicted octanol–water partition coefficient (Wildman–Crippen LogP) is 6.09. The monoisotopic (exact) mass is 400 g/mol. The molecule has 0 aliphatic rings. The first-order valence-electron chi connectivity index (χ1n) is 7.83. The molecule has 0 unspecified atom stereocenters. The van der Waals surface area contributed by atoms with Crippen molar-refractivity contribution in [2.45, 2.75) is 46.6 Å². The fourth-order valence-electron chi connectivity index (χ4n) is 2.15. The Bertz CT molecular complexity index is 811. The van der Waals surface area contributed by atoms with Gasteiger partial charge in [-0.05, 0) is 17.4 Å². The van der Waals surface area contributed by atoms with E-state index < -0.39 is 0 Å². The lowest BCUT2D eigenvalue weighted by molar-refractivity contribution is 0.509. The van der Waals surface area contributed by atoms with Gasteiger partial charge >= 0.3 is 0 Å². The Balaban J connectivity index is 2.53. The van der Waals surface area contributed by atoms with Crippen molar-refractivity contribution < 1.29 is 0 Å². The zero-order valence-corrected chi connectivity index (χ0v) is 17.7. The number of hydrogen-bond donors (Lipinski definition) is 0. The third-order valence-electron chi connectivity index (χ3n) is 3.40. The Labute approximate surface area is 163 Å². The molecule has 0 amide bonds. The van der Waals surface area contributed by atoms with Crippen molar-refractivity contribution in [3.63, 3.8) is 0 Å². The Morgan fingerprint density at radius 3 is 2.54 bits per heavy atom. The fraction of sp³-hybridized carbons (Fsp3) is 0.444. The minimum absolute atomic E-state index is 0.0759. The number of nitrogens with zero attached hydrogens (tertiary/aromatic N) is 2. The summed E-state index contributed by atoms with van der Waals surface area (Å²) in [5, 5.41) is 0.944. The maximum atomic E-state index is 6.27. The molecule has 2 nitrogen and oxygen atoms in total. The Morgan fingerprint density at radius 2 is 1.96 bits per heavy atom. The van der Waals surface area contributed by atoms with Crippen molar-refractivity contribution in [2.24, 2.45) is 10.9 Å². The second-order valence-electron chi connectivity index (χ2n) is 7.19. The van der Waals surface area contributed by atoms with E-state index in [-0.39, 0.29) is 5.41 Å². The molecule has 0 fully saturated rings. The molecule has 0 bridgehead atoms. The van der Waals surface area contributed by atoms with Crippen LogP contribution in [0.2, 0.25) is 10.0 Å². The molecule has 2 rings (SSSR count). The summed E-state index contributed by atoms with van der Waals surface area (Å²) in [5.41, 5.74) is 0.771. The standard InChI is InChI=1S/C18H22Cl2N2S2/c1-11(2)9-22-10-14(18(3,4)5)24-17(22)21-16(23)12-7-6-8-13(19)15(12)20/h6-8,10-11H,9H2,1-5H3/b21-17-. The summed E-state index contributed by atoms with van der Waals surface area (Å²) in [6.07, 6.45) is 2.19. The van der Waals surface area contributed by atoms with Crippen LogP contribution in [0.4, 0.5) is 0 Å². The van der Waals surface area contributed by atoms with Crippen molar-refractivity contribution in [3.8, 4) is 0 Å². The zero-order valence-electron chi connectivity index (χ0n) is 14.6. The van der Waals surface area contributed by atoms with Crippen LogP contribution in [0.3, 0.4) is 0 Å². The molecule has 0 saturated carbocycles. The Morgan fingerprint density at radius 1 is 1.29 bits per heavy atom. The molecule has 0 aliphatic heterocycles. The van der Waals surface area contributed by atoms with Crippen LogP contribution in [-0.2, 0) is 12.0 Å². The van der Waals surface area contributed by atoms with Crippen molar-refractivity contribution >= 4 is 51.7 Å². The van der Waals surface area contributed by atoms with E-state index in [1.54, 1.807) is 17.4 Å². The summed E-state index contributed by atoms with van der Waals surface area (Å²) < 4.78 is 2.18. The van der Waals surface area contributed by atoms with Gasteiger partial charge in [0.25, 0.3) is 0 Å². The van der Waals surface area contributed by atoms with Gasteiger partial charge in [-0.2, -0.15) is 0 Å². The largest absolute Gasteiger partial charge is 0.323 e. The number of aromatic nitrogens is 1. The van der Waals surface area contributed by atoms with Crippen LogP contribution < -0.4 is 4.80 Å². The summed E-state index contributed by atoms with van der Waals surface area (Å²) in [4.78, 5) is 7.33. The molecule has 0 spiro atoms. The van der Waals surface area contributed by atoms with Crippen LogP contribution in [0.5, 0.6) is 0 Å². The highest BCUT2D eigenvalue weighted by Crippen LogP contribution is 2.27. The van der Waals surface area contributed by atoms with Crippen molar-refractivity contribution in [3.05, 3.63) is 49.7 Å². The van der Waals surface area contributed by atoms with Crippen LogP contribution in [0, 0.1) is 5.92 Å². The predicted molar refractivity (Wildman–Crippen MR) is 110 cm³/mol. The lowest BCUT2D eigenvalue weighted by atomic mass is 9.95. The normalized spacial score (nSPS) is 12.9. The van der Waals surface area contributed by atoms with E-state index >= 15 is 0 Å². The number of rotatable bonds is 3. The van der Waals surface area contributed by atoms with Gasteiger partial charge in [-0.3, -0.25) is 0 Å². The topological polar surface area (TPSA) is 17.3 Å². The van der Waals surface area contributed by atoms with Crippen LogP contribution in [0.25, 0.3) is 0 Å². The third kappa shape index (κ3) is 4.69. The minimum atomic E-state index is 0.0759. The Kier molecular flexibility index (Phi) is 6.29. The molecule has 1 heterocycles. The maximum Gasteiger partial charge on any atom is 0.191 e. The van der Waals surface area contributed by atoms with Crippen LogP contribution in [0.1, 0.15) is 45.1 Å². The molecule has 0 aliphatic carbocycles. The highest BCUT2D eigenvalue weighted by molar-refractivity contribution is 7.80. The van der Waals surface area contributed by atoms with Crippen LogP contribution in [-0.4, -0.2) is 9.56 Å². The minimum Gasteiger partial charge on any atom is -0.323 e.